The molecule has 0 saturated heterocycles. The molecule has 1 aromatic heterocycles. The molecule has 6 nitrogen and oxygen atoms in total. The molecular formula is C15H12N4O2. The van der Waals surface area contributed by atoms with Crippen molar-refractivity contribution >= 4 is 22.3 Å². The number of benzene rings is 2. The van der Waals surface area contributed by atoms with Crippen LogP contribution < -0.4 is 5.32 Å². The average molecular weight is 280 g/mol. The molecule has 104 valence electrons. The second-order valence-corrected chi connectivity index (χ2v) is 4.45. The molecule has 0 radical (unpaired) electrons. The van der Waals surface area contributed by atoms with Gasteiger partial charge in [-0.05, 0) is 10.8 Å². The van der Waals surface area contributed by atoms with Gasteiger partial charge in [0.1, 0.15) is 6.33 Å². The molecule has 0 bridgehead atoms. The van der Waals surface area contributed by atoms with Gasteiger partial charge in [0.2, 0.25) is 5.82 Å². The van der Waals surface area contributed by atoms with Crippen LogP contribution in [-0.2, 0) is 0 Å². The van der Waals surface area contributed by atoms with Crippen molar-refractivity contribution in [3.63, 3.8) is 0 Å². The number of rotatable bonds is 3. The maximum atomic E-state index is 11.4. The third-order valence-electron chi connectivity index (χ3n) is 3.29. The van der Waals surface area contributed by atoms with Crippen molar-refractivity contribution < 1.29 is 4.92 Å². The Morgan fingerprint density at radius 1 is 1.10 bits per heavy atom. The van der Waals surface area contributed by atoms with Crippen LogP contribution >= 0.6 is 0 Å². The molecule has 0 aliphatic rings. The van der Waals surface area contributed by atoms with E-state index >= 15 is 0 Å². The predicted molar refractivity (Wildman–Crippen MR) is 81.2 cm³/mol. The second kappa shape index (κ2) is 5.16. The van der Waals surface area contributed by atoms with Crippen LogP contribution in [0, 0.1) is 10.1 Å². The number of nitro groups is 1. The Kier molecular flexibility index (Phi) is 3.19. The maximum absolute atomic E-state index is 11.4. The topological polar surface area (TPSA) is 81.0 Å². The molecule has 1 N–H and O–H groups in total. The molecule has 0 unspecified atom stereocenters. The predicted octanol–water partition coefficient (Wildman–Crippen LogP) is 3.25. The first-order chi connectivity index (χ1) is 10.2. The number of anilines is 1. The van der Waals surface area contributed by atoms with E-state index in [0.29, 0.717) is 5.69 Å². The van der Waals surface area contributed by atoms with Crippen molar-refractivity contribution in [3.8, 4) is 11.3 Å². The van der Waals surface area contributed by atoms with Crippen molar-refractivity contribution in [1.29, 1.82) is 0 Å². The zero-order valence-corrected chi connectivity index (χ0v) is 11.3. The Bertz CT molecular complexity index is 828. The van der Waals surface area contributed by atoms with Gasteiger partial charge in [-0.15, -0.1) is 0 Å². The maximum Gasteiger partial charge on any atom is 0.337 e. The van der Waals surface area contributed by atoms with E-state index in [1.54, 1.807) is 7.05 Å². The Hall–Kier alpha value is -3.02. The van der Waals surface area contributed by atoms with Gasteiger partial charge in [-0.25, -0.2) is 9.97 Å². The van der Waals surface area contributed by atoms with Gasteiger partial charge >= 0.3 is 5.69 Å². The molecular weight excluding hydrogens is 268 g/mol. The van der Waals surface area contributed by atoms with Crippen LogP contribution in [0.25, 0.3) is 22.0 Å². The molecule has 21 heavy (non-hydrogen) atoms. The van der Waals surface area contributed by atoms with Crippen LogP contribution in [-0.4, -0.2) is 21.9 Å². The molecule has 6 heteroatoms. The quantitative estimate of drug-likeness (QED) is 0.588. The fourth-order valence-electron chi connectivity index (χ4n) is 2.36. The minimum absolute atomic E-state index is 0.114. The van der Waals surface area contributed by atoms with Crippen molar-refractivity contribution in [3.05, 3.63) is 58.9 Å². The van der Waals surface area contributed by atoms with E-state index in [1.165, 1.54) is 6.33 Å². The fourth-order valence-corrected chi connectivity index (χ4v) is 2.36. The van der Waals surface area contributed by atoms with Crippen molar-refractivity contribution in [2.24, 2.45) is 0 Å². The van der Waals surface area contributed by atoms with Gasteiger partial charge in [0.25, 0.3) is 0 Å². The minimum Gasteiger partial charge on any atom is -0.367 e. The highest BCUT2D eigenvalue weighted by Gasteiger charge is 2.24. The van der Waals surface area contributed by atoms with E-state index in [1.807, 2.05) is 42.5 Å². The van der Waals surface area contributed by atoms with E-state index in [9.17, 15) is 10.1 Å². The summed E-state index contributed by atoms with van der Waals surface area (Å²) in [5.74, 6) is 0.206. The number of hydrogen-bond donors (Lipinski definition) is 1. The monoisotopic (exact) mass is 280 g/mol. The molecule has 0 amide bonds. The first-order valence-corrected chi connectivity index (χ1v) is 6.37. The molecule has 0 aliphatic heterocycles. The Morgan fingerprint density at radius 2 is 1.86 bits per heavy atom. The average Bonchev–Trinajstić information content (AvgIpc) is 2.53. The molecule has 0 fully saturated rings. The number of aromatic nitrogens is 2. The van der Waals surface area contributed by atoms with E-state index in [2.05, 4.69) is 15.3 Å². The summed E-state index contributed by atoms with van der Waals surface area (Å²) in [7, 11) is 1.60. The van der Waals surface area contributed by atoms with Crippen LogP contribution in [0.3, 0.4) is 0 Å². The third-order valence-corrected chi connectivity index (χ3v) is 3.29. The van der Waals surface area contributed by atoms with Gasteiger partial charge in [0, 0.05) is 12.6 Å². The Morgan fingerprint density at radius 3 is 2.62 bits per heavy atom. The van der Waals surface area contributed by atoms with E-state index in [-0.39, 0.29) is 11.5 Å². The highest BCUT2D eigenvalue weighted by Crippen LogP contribution is 2.36. The third kappa shape index (κ3) is 2.16. The second-order valence-electron chi connectivity index (χ2n) is 4.45. The van der Waals surface area contributed by atoms with E-state index in [0.717, 1.165) is 16.3 Å². The molecule has 0 spiro atoms. The lowest BCUT2D eigenvalue weighted by molar-refractivity contribution is -0.383. The van der Waals surface area contributed by atoms with Crippen molar-refractivity contribution in [1.82, 2.24) is 9.97 Å². The van der Waals surface area contributed by atoms with Gasteiger partial charge < -0.3 is 5.32 Å². The summed E-state index contributed by atoms with van der Waals surface area (Å²) in [5, 5.41) is 16.1. The highest BCUT2D eigenvalue weighted by molar-refractivity contribution is 5.98. The number of fused-ring (bicyclic) bond motifs is 1. The fraction of sp³-hybridized carbons (Fsp3) is 0.0667. The lowest BCUT2D eigenvalue weighted by Crippen LogP contribution is -2.03. The number of hydrogen-bond acceptors (Lipinski definition) is 5. The summed E-state index contributed by atoms with van der Waals surface area (Å²) in [5.41, 5.74) is 0.922. The molecule has 0 atom stereocenters. The van der Waals surface area contributed by atoms with Gasteiger partial charge in [0.05, 0.1) is 4.92 Å². The zero-order chi connectivity index (χ0) is 14.8. The molecule has 3 aromatic rings. The first-order valence-electron chi connectivity index (χ1n) is 6.37. The SMILES string of the molecule is CNc1ncnc(-c2cccc3ccccc23)c1[N+](=O)[O-]. The van der Waals surface area contributed by atoms with Crippen LogP contribution in [0.4, 0.5) is 11.5 Å². The molecule has 0 aliphatic carbocycles. The summed E-state index contributed by atoms with van der Waals surface area (Å²) in [6, 6.07) is 13.4. The van der Waals surface area contributed by atoms with Crippen molar-refractivity contribution in [2.75, 3.05) is 12.4 Å². The standard InChI is InChI=1S/C15H12N4O2/c1-16-15-14(19(20)21)13(17-9-18-15)12-8-4-6-10-5-2-3-7-11(10)12/h2-9H,1H3,(H,16,17,18). The normalized spacial score (nSPS) is 10.5. The number of nitrogens with zero attached hydrogens (tertiary/aromatic N) is 3. The van der Waals surface area contributed by atoms with Gasteiger partial charge in [-0.1, -0.05) is 42.5 Å². The lowest BCUT2D eigenvalue weighted by Gasteiger charge is -2.08. The zero-order valence-electron chi connectivity index (χ0n) is 11.3. The van der Waals surface area contributed by atoms with E-state index < -0.39 is 4.92 Å². The van der Waals surface area contributed by atoms with Crippen LogP contribution in [0.1, 0.15) is 0 Å². The Labute approximate surface area is 120 Å². The molecule has 1 heterocycles. The summed E-state index contributed by atoms with van der Waals surface area (Å²) < 4.78 is 0. The minimum atomic E-state index is -0.455. The van der Waals surface area contributed by atoms with Gasteiger partial charge in [0.15, 0.2) is 5.69 Å². The molecule has 2 aromatic carbocycles. The Balaban J connectivity index is 2.36. The smallest absolute Gasteiger partial charge is 0.337 e. The van der Waals surface area contributed by atoms with Crippen LogP contribution in [0.5, 0.6) is 0 Å². The summed E-state index contributed by atoms with van der Waals surface area (Å²) in [6.45, 7) is 0. The van der Waals surface area contributed by atoms with E-state index in [4.69, 9.17) is 0 Å². The number of nitrogens with one attached hydrogen (secondary N) is 1. The summed E-state index contributed by atoms with van der Waals surface area (Å²) >= 11 is 0. The van der Waals surface area contributed by atoms with Gasteiger partial charge in [-0.3, -0.25) is 10.1 Å². The largest absolute Gasteiger partial charge is 0.367 e. The van der Waals surface area contributed by atoms with Crippen molar-refractivity contribution in [2.45, 2.75) is 0 Å². The van der Waals surface area contributed by atoms with Crippen LogP contribution in [0.2, 0.25) is 0 Å². The summed E-state index contributed by atoms with van der Waals surface area (Å²) in [6.07, 6.45) is 1.33. The highest BCUT2D eigenvalue weighted by atomic mass is 16.6. The molecule has 3 rings (SSSR count). The van der Waals surface area contributed by atoms with Gasteiger partial charge in [-0.2, -0.15) is 0 Å². The first kappa shape index (κ1) is 13.0. The lowest BCUT2D eigenvalue weighted by atomic mass is 10.0. The summed E-state index contributed by atoms with van der Waals surface area (Å²) in [4.78, 5) is 19.0. The van der Waals surface area contributed by atoms with Crippen LogP contribution in [0.15, 0.2) is 48.8 Å². The molecule has 0 saturated carbocycles.